The van der Waals surface area contributed by atoms with Gasteiger partial charge < -0.3 is 4.74 Å². The molecule has 3 rings (SSSR count). The number of aromatic nitrogens is 3. The van der Waals surface area contributed by atoms with Crippen molar-refractivity contribution in [3.05, 3.63) is 58.5 Å². The van der Waals surface area contributed by atoms with Gasteiger partial charge in [-0.3, -0.25) is 0 Å². The predicted octanol–water partition coefficient (Wildman–Crippen LogP) is 3.38. The number of pyridine rings is 1. The molecule has 0 amide bonds. The monoisotopic (exact) mass is 317 g/mol. The van der Waals surface area contributed by atoms with Crippen LogP contribution in [0.1, 0.15) is 11.4 Å². The van der Waals surface area contributed by atoms with Crippen LogP contribution in [0.5, 0.6) is 5.75 Å². The molecule has 96 valence electrons. The van der Waals surface area contributed by atoms with Gasteiger partial charge in [0.05, 0.1) is 0 Å². The van der Waals surface area contributed by atoms with Gasteiger partial charge in [0.1, 0.15) is 17.0 Å². The van der Waals surface area contributed by atoms with Crippen molar-refractivity contribution in [1.29, 1.82) is 0 Å². The Balaban J connectivity index is 1.83. The van der Waals surface area contributed by atoms with Crippen LogP contribution in [0.4, 0.5) is 0 Å². The van der Waals surface area contributed by atoms with Gasteiger partial charge in [-0.1, -0.05) is 24.3 Å². The summed E-state index contributed by atoms with van der Waals surface area (Å²) < 4.78 is 8.36. The molecule has 0 unspecified atom stereocenters. The van der Waals surface area contributed by atoms with Crippen molar-refractivity contribution in [1.82, 2.24) is 14.6 Å². The molecule has 0 aliphatic rings. The Morgan fingerprint density at radius 2 is 2.00 bits per heavy atom. The van der Waals surface area contributed by atoms with Crippen molar-refractivity contribution in [2.24, 2.45) is 0 Å². The number of para-hydroxylation sites is 1. The molecule has 19 heavy (non-hydrogen) atoms. The summed E-state index contributed by atoms with van der Waals surface area (Å²) in [6.45, 7) is 2.38. The number of benzene rings is 1. The maximum atomic E-state index is 5.74. The lowest BCUT2D eigenvalue weighted by Crippen LogP contribution is -1.99. The molecule has 0 saturated heterocycles. The molecule has 2 aromatic heterocycles. The minimum absolute atomic E-state index is 0.360. The molecule has 4 nitrogen and oxygen atoms in total. The fourth-order valence-electron chi connectivity index (χ4n) is 1.84. The highest BCUT2D eigenvalue weighted by atomic mass is 79.9. The van der Waals surface area contributed by atoms with Gasteiger partial charge in [0, 0.05) is 0 Å². The minimum atomic E-state index is 0.360. The van der Waals surface area contributed by atoms with Crippen LogP contribution in [0.2, 0.25) is 0 Å². The van der Waals surface area contributed by atoms with E-state index >= 15 is 0 Å². The minimum Gasteiger partial charge on any atom is -0.485 e. The maximum absolute atomic E-state index is 5.74. The average Bonchev–Trinajstić information content (AvgIpc) is 2.82. The van der Waals surface area contributed by atoms with E-state index in [2.05, 4.69) is 26.0 Å². The normalized spacial score (nSPS) is 10.8. The number of rotatable bonds is 3. The molecule has 5 heteroatoms. The highest BCUT2D eigenvalue weighted by Gasteiger charge is 2.07. The Bertz CT molecular complexity index is 724. The Hall–Kier alpha value is -1.88. The van der Waals surface area contributed by atoms with Gasteiger partial charge in [0.2, 0.25) is 0 Å². The van der Waals surface area contributed by atoms with Gasteiger partial charge in [0.15, 0.2) is 11.5 Å². The lowest BCUT2D eigenvalue weighted by Gasteiger charge is -2.05. The number of fused-ring (bicyclic) bond motifs is 1. The Morgan fingerprint density at radius 1 is 1.16 bits per heavy atom. The zero-order valence-electron chi connectivity index (χ0n) is 10.4. The second-order valence-corrected chi connectivity index (χ2v) is 5.01. The highest BCUT2D eigenvalue weighted by Crippen LogP contribution is 2.18. The van der Waals surface area contributed by atoms with E-state index in [1.165, 1.54) is 0 Å². The first-order chi connectivity index (χ1) is 9.24. The van der Waals surface area contributed by atoms with E-state index in [9.17, 15) is 0 Å². The van der Waals surface area contributed by atoms with Crippen molar-refractivity contribution in [2.45, 2.75) is 13.5 Å². The molecular weight excluding hydrogens is 306 g/mol. The third-order valence-electron chi connectivity index (χ3n) is 2.81. The predicted molar refractivity (Wildman–Crippen MR) is 76.2 cm³/mol. The Kier molecular flexibility index (Phi) is 3.21. The molecule has 0 N–H and O–H groups in total. The smallest absolute Gasteiger partial charge is 0.189 e. The fraction of sp³-hybridized carbons (Fsp3) is 0.143. The Labute approximate surface area is 119 Å². The largest absolute Gasteiger partial charge is 0.485 e. The number of hydrogen-bond donors (Lipinski definition) is 0. The van der Waals surface area contributed by atoms with Crippen LogP contribution in [0.25, 0.3) is 5.65 Å². The standard InChI is InChI=1S/C14H12BrN3O/c1-10-5-2-3-6-11(10)19-9-13-16-14-8-4-7-12(15)18(14)17-13/h2-8H,9H2,1H3. The molecule has 0 saturated carbocycles. The third-order valence-corrected chi connectivity index (χ3v) is 3.41. The summed E-state index contributed by atoms with van der Waals surface area (Å²) in [7, 11) is 0. The van der Waals surface area contributed by atoms with Crippen LogP contribution in [-0.2, 0) is 6.61 Å². The molecule has 0 radical (unpaired) electrons. The van der Waals surface area contributed by atoms with Crippen LogP contribution in [0.15, 0.2) is 47.1 Å². The molecule has 0 bridgehead atoms. The van der Waals surface area contributed by atoms with Gasteiger partial charge >= 0.3 is 0 Å². The zero-order valence-corrected chi connectivity index (χ0v) is 12.0. The first-order valence-corrected chi connectivity index (χ1v) is 6.72. The van der Waals surface area contributed by atoms with Gasteiger partial charge in [-0.05, 0) is 46.6 Å². The van der Waals surface area contributed by atoms with Crippen LogP contribution < -0.4 is 4.74 Å². The first-order valence-electron chi connectivity index (χ1n) is 5.92. The molecule has 3 aromatic rings. The van der Waals surface area contributed by atoms with Crippen molar-refractivity contribution in [3.63, 3.8) is 0 Å². The summed E-state index contributed by atoms with van der Waals surface area (Å²) in [4.78, 5) is 4.42. The molecular formula is C14H12BrN3O. The number of nitrogens with zero attached hydrogens (tertiary/aromatic N) is 3. The summed E-state index contributed by atoms with van der Waals surface area (Å²) >= 11 is 3.44. The van der Waals surface area contributed by atoms with E-state index in [0.717, 1.165) is 21.6 Å². The van der Waals surface area contributed by atoms with E-state index in [1.807, 2.05) is 49.4 Å². The summed E-state index contributed by atoms with van der Waals surface area (Å²) in [5.74, 6) is 1.52. The summed E-state index contributed by atoms with van der Waals surface area (Å²) in [6, 6.07) is 13.7. The Morgan fingerprint density at radius 3 is 2.79 bits per heavy atom. The number of ether oxygens (including phenoxy) is 1. The summed E-state index contributed by atoms with van der Waals surface area (Å²) in [6.07, 6.45) is 0. The van der Waals surface area contributed by atoms with Gasteiger partial charge in [0.25, 0.3) is 0 Å². The van der Waals surface area contributed by atoms with E-state index in [1.54, 1.807) is 4.52 Å². The maximum Gasteiger partial charge on any atom is 0.189 e. The molecule has 1 aromatic carbocycles. The van der Waals surface area contributed by atoms with E-state index < -0.39 is 0 Å². The van der Waals surface area contributed by atoms with Crippen LogP contribution >= 0.6 is 15.9 Å². The quantitative estimate of drug-likeness (QED) is 0.695. The summed E-state index contributed by atoms with van der Waals surface area (Å²) in [5.41, 5.74) is 1.91. The van der Waals surface area contributed by atoms with E-state index in [-0.39, 0.29) is 0 Å². The lowest BCUT2D eigenvalue weighted by molar-refractivity contribution is 0.294. The number of halogens is 1. The van der Waals surface area contributed by atoms with Gasteiger partial charge in [-0.25, -0.2) is 9.50 Å². The van der Waals surface area contributed by atoms with Crippen LogP contribution in [0.3, 0.4) is 0 Å². The lowest BCUT2D eigenvalue weighted by atomic mass is 10.2. The van der Waals surface area contributed by atoms with Crippen molar-refractivity contribution >= 4 is 21.6 Å². The SMILES string of the molecule is Cc1ccccc1OCc1nc2cccc(Br)n2n1. The van der Waals surface area contributed by atoms with Gasteiger partial charge in [-0.2, -0.15) is 0 Å². The van der Waals surface area contributed by atoms with Gasteiger partial charge in [-0.15, -0.1) is 5.10 Å². The second-order valence-electron chi connectivity index (χ2n) is 4.20. The second kappa shape index (κ2) is 5.01. The molecule has 2 heterocycles. The number of aryl methyl sites for hydroxylation is 1. The number of hydrogen-bond acceptors (Lipinski definition) is 3. The first kappa shape index (κ1) is 12.2. The molecule has 0 atom stereocenters. The topological polar surface area (TPSA) is 39.4 Å². The van der Waals surface area contributed by atoms with Crippen LogP contribution in [0, 0.1) is 6.92 Å². The highest BCUT2D eigenvalue weighted by molar-refractivity contribution is 9.10. The van der Waals surface area contributed by atoms with Crippen molar-refractivity contribution in [3.8, 4) is 5.75 Å². The average molecular weight is 318 g/mol. The third kappa shape index (κ3) is 2.46. The van der Waals surface area contributed by atoms with Crippen LogP contribution in [-0.4, -0.2) is 14.6 Å². The summed E-state index contributed by atoms with van der Waals surface area (Å²) in [5, 5.41) is 4.39. The molecule has 0 spiro atoms. The van der Waals surface area contributed by atoms with E-state index in [4.69, 9.17) is 4.74 Å². The van der Waals surface area contributed by atoms with Crippen molar-refractivity contribution < 1.29 is 4.74 Å². The zero-order chi connectivity index (χ0) is 13.2. The molecule has 0 fully saturated rings. The van der Waals surface area contributed by atoms with E-state index in [0.29, 0.717) is 12.4 Å². The molecule has 0 aliphatic carbocycles. The van der Waals surface area contributed by atoms with Crippen molar-refractivity contribution in [2.75, 3.05) is 0 Å². The molecule has 0 aliphatic heterocycles. The fourth-order valence-corrected chi connectivity index (χ4v) is 2.25.